The van der Waals surface area contributed by atoms with Crippen LogP contribution in [0, 0.1) is 6.92 Å². The molecule has 1 saturated heterocycles. The average Bonchev–Trinajstić information content (AvgIpc) is 3.55. The Labute approximate surface area is 274 Å². The van der Waals surface area contributed by atoms with E-state index in [-0.39, 0.29) is 29.9 Å². The predicted molar refractivity (Wildman–Crippen MR) is 174 cm³/mol. The molecule has 1 aromatic heterocycles. The van der Waals surface area contributed by atoms with Crippen LogP contribution in [0.4, 0.5) is 23.8 Å². The second kappa shape index (κ2) is 13.7. The van der Waals surface area contributed by atoms with Gasteiger partial charge in [0.15, 0.2) is 6.04 Å². The number of rotatable bonds is 9. The van der Waals surface area contributed by atoms with Gasteiger partial charge in [-0.1, -0.05) is 54.6 Å². The van der Waals surface area contributed by atoms with Gasteiger partial charge in [-0.3, -0.25) is 9.59 Å². The quantitative estimate of drug-likeness (QED) is 0.143. The number of carbonyl (C=O) groups is 3. The number of benzene rings is 3. The number of aryl methyl sites for hydroxylation is 1. The molecule has 1 aliphatic rings. The number of carboxylic acid groups (broad SMARTS) is 1. The maximum atomic E-state index is 13.8. The summed E-state index contributed by atoms with van der Waals surface area (Å²) in [4.78, 5) is 46.5. The Bertz CT molecular complexity index is 1750. The second-order valence-electron chi connectivity index (χ2n) is 11.6. The highest BCUT2D eigenvalue weighted by Gasteiger charge is 2.49. The molecule has 8 nitrogen and oxygen atoms in total. The minimum Gasteiger partial charge on any atom is -0.435 e. The molecule has 0 spiro atoms. The molecule has 1 fully saturated rings. The lowest BCUT2D eigenvalue weighted by molar-refractivity contribution is -0.274. The van der Waals surface area contributed by atoms with Gasteiger partial charge in [0.1, 0.15) is 10.8 Å². The zero-order chi connectivity index (χ0) is 33.9. The van der Waals surface area contributed by atoms with Crippen molar-refractivity contribution in [3.63, 3.8) is 0 Å². The number of aromatic nitrogens is 1. The van der Waals surface area contributed by atoms with Gasteiger partial charge in [-0.2, -0.15) is 14.3 Å². The van der Waals surface area contributed by atoms with E-state index in [9.17, 15) is 32.7 Å². The predicted octanol–water partition coefficient (Wildman–Crippen LogP) is 8.31. The van der Waals surface area contributed by atoms with E-state index in [1.165, 1.54) is 35.6 Å². The number of nitrogens with zero attached hydrogens (tertiary/aromatic N) is 3. The number of likely N-dealkylation sites (tertiary alicyclic amines) is 1. The third-order valence-electron chi connectivity index (χ3n) is 8.87. The Kier molecular flexibility index (Phi) is 9.83. The van der Waals surface area contributed by atoms with E-state index < -0.39 is 23.0 Å². The van der Waals surface area contributed by atoms with E-state index in [0.717, 1.165) is 10.6 Å². The molecule has 4 aromatic rings. The standard InChI is InChI=1S/C35H34F3N3O5S/c1-4-41(34(44)45,23(3)31(42)25-10-6-5-7-11-25)29-21-47-32(39-29)26-17-19-40(20-18-26)33(43)28-12-8-9-22(2)30(28)24-13-15-27(16-14-24)46-35(36,37)38/h5-16,21,23,26H,4,17-20H2,1-3H3/p+1. The number of carbonyl (C=O) groups excluding carboxylic acids is 2. The number of likely N-dealkylation sites (N-methyl/N-ethyl adjacent to an activating group) is 1. The number of amides is 2. The highest BCUT2D eigenvalue weighted by Crippen LogP contribution is 2.38. The number of alkyl halides is 3. The zero-order valence-electron chi connectivity index (χ0n) is 26.2. The van der Waals surface area contributed by atoms with Gasteiger partial charge in [-0.05, 0) is 68.5 Å². The molecule has 5 rings (SSSR count). The van der Waals surface area contributed by atoms with Gasteiger partial charge in [0.25, 0.3) is 5.91 Å². The Morgan fingerprint density at radius 1 is 1.02 bits per heavy atom. The molecule has 0 bridgehead atoms. The van der Waals surface area contributed by atoms with Crippen LogP contribution in [0.5, 0.6) is 5.75 Å². The van der Waals surface area contributed by atoms with Crippen molar-refractivity contribution in [2.75, 3.05) is 19.6 Å². The normalized spacial score (nSPS) is 15.9. The molecule has 12 heteroatoms. The molecular weight excluding hydrogens is 631 g/mol. The van der Waals surface area contributed by atoms with Crippen LogP contribution in [-0.4, -0.2) is 64.8 Å². The molecule has 2 heterocycles. The van der Waals surface area contributed by atoms with E-state index >= 15 is 0 Å². The molecule has 1 aliphatic heterocycles. The molecule has 0 saturated carbocycles. The number of ether oxygens (including phenoxy) is 1. The number of ketones is 1. The lowest BCUT2D eigenvalue weighted by atomic mass is 9.92. The highest BCUT2D eigenvalue weighted by atomic mass is 32.1. The minimum atomic E-state index is -4.80. The summed E-state index contributed by atoms with van der Waals surface area (Å²) in [5.41, 5.74) is 2.94. The zero-order valence-corrected chi connectivity index (χ0v) is 27.0. The van der Waals surface area contributed by atoms with E-state index in [0.29, 0.717) is 54.0 Å². The molecule has 0 aliphatic carbocycles. The molecule has 1 N–H and O–H groups in total. The van der Waals surface area contributed by atoms with E-state index in [1.807, 2.05) is 13.0 Å². The number of quaternary nitrogens is 1. The van der Waals surface area contributed by atoms with Crippen molar-refractivity contribution in [3.8, 4) is 16.9 Å². The Morgan fingerprint density at radius 2 is 1.68 bits per heavy atom. The van der Waals surface area contributed by atoms with E-state index in [2.05, 4.69) is 4.74 Å². The Balaban J connectivity index is 1.32. The first kappa shape index (κ1) is 33.8. The van der Waals surface area contributed by atoms with Gasteiger partial charge in [0, 0.05) is 30.1 Å². The molecule has 246 valence electrons. The van der Waals surface area contributed by atoms with Crippen LogP contribution in [0.15, 0.2) is 78.2 Å². The largest absolute Gasteiger partial charge is 0.573 e. The number of piperidine rings is 1. The third-order valence-corrected chi connectivity index (χ3v) is 9.86. The number of halogens is 3. The summed E-state index contributed by atoms with van der Waals surface area (Å²) in [5, 5.41) is 12.9. The smallest absolute Gasteiger partial charge is 0.435 e. The van der Waals surface area contributed by atoms with Crippen molar-refractivity contribution in [2.24, 2.45) is 0 Å². The number of Topliss-reactive ketones (excluding diaryl/α,β-unsaturated/α-hetero) is 1. The highest BCUT2D eigenvalue weighted by molar-refractivity contribution is 7.10. The molecule has 2 unspecified atom stereocenters. The molecule has 0 radical (unpaired) electrons. The maximum Gasteiger partial charge on any atom is 0.573 e. The topological polar surface area (TPSA) is 96.8 Å². The molecule has 2 atom stereocenters. The Morgan fingerprint density at radius 3 is 2.28 bits per heavy atom. The fourth-order valence-electron chi connectivity index (χ4n) is 6.28. The van der Waals surface area contributed by atoms with Gasteiger partial charge in [0.2, 0.25) is 11.6 Å². The lowest BCUT2D eigenvalue weighted by Crippen LogP contribution is -2.62. The van der Waals surface area contributed by atoms with Crippen molar-refractivity contribution in [2.45, 2.75) is 51.9 Å². The summed E-state index contributed by atoms with van der Waals surface area (Å²) < 4.78 is 41.3. The van der Waals surface area contributed by atoms with Crippen molar-refractivity contribution in [1.29, 1.82) is 0 Å². The summed E-state index contributed by atoms with van der Waals surface area (Å²) in [6, 6.07) is 18.5. The van der Waals surface area contributed by atoms with Crippen LogP contribution >= 0.6 is 11.3 Å². The van der Waals surface area contributed by atoms with E-state index in [1.54, 1.807) is 66.6 Å². The summed E-state index contributed by atoms with van der Waals surface area (Å²) in [6.07, 6.45) is -4.73. The average molecular weight is 667 g/mol. The fraction of sp³-hybridized carbons (Fsp3) is 0.314. The van der Waals surface area contributed by atoms with Gasteiger partial charge in [-0.25, -0.2) is 0 Å². The third kappa shape index (κ3) is 6.93. The van der Waals surface area contributed by atoms with Gasteiger partial charge in [-0.15, -0.1) is 24.5 Å². The van der Waals surface area contributed by atoms with Gasteiger partial charge in [0.05, 0.1) is 11.9 Å². The van der Waals surface area contributed by atoms with Crippen LogP contribution in [-0.2, 0) is 0 Å². The maximum absolute atomic E-state index is 13.8. The summed E-state index contributed by atoms with van der Waals surface area (Å²) in [6.45, 7) is 6.22. The summed E-state index contributed by atoms with van der Waals surface area (Å²) in [5.74, 6) is -0.489. The van der Waals surface area contributed by atoms with Crippen LogP contribution in [0.2, 0.25) is 0 Å². The number of thiazole rings is 1. The first-order chi connectivity index (χ1) is 22.4. The summed E-state index contributed by atoms with van der Waals surface area (Å²) >= 11 is 1.37. The first-order valence-electron chi connectivity index (χ1n) is 15.3. The van der Waals surface area contributed by atoms with Crippen molar-refractivity contribution in [1.82, 2.24) is 14.4 Å². The number of hydrogen-bond acceptors (Lipinski definition) is 6. The summed E-state index contributed by atoms with van der Waals surface area (Å²) in [7, 11) is 0. The van der Waals surface area contributed by atoms with Crippen molar-refractivity contribution < 1.29 is 37.4 Å². The second-order valence-corrected chi connectivity index (χ2v) is 12.4. The van der Waals surface area contributed by atoms with E-state index in [4.69, 9.17) is 4.98 Å². The molecule has 2 amide bonds. The fourth-order valence-corrected chi connectivity index (χ4v) is 7.32. The van der Waals surface area contributed by atoms with Crippen LogP contribution < -0.4 is 9.22 Å². The monoisotopic (exact) mass is 666 g/mol. The first-order valence-corrected chi connectivity index (χ1v) is 16.1. The Hall–Kier alpha value is -4.55. The van der Waals surface area contributed by atoms with Gasteiger partial charge < -0.3 is 14.7 Å². The SMILES string of the molecule is CC[N+](C(=O)O)(c1csc(C2CCN(C(=O)c3cccc(C)c3-c3ccc(OC(F)(F)F)cc3)CC2)n1)C(C)C(=O)c1ccccc1. The van der Waals surface area contributed by atoms with Crippen molar-refractivity contribution >= 4 is 34.9 Å². The van der Waals surface area contributed by atoms with Crippen molar-refractivity contribution in [3.05, 3.63) is 99.9 Å². The minimum absolute atomic E-state index is 0.00337. The van der Waals surface area contributed by atoms with Crippen LogP contribution in [0.25, 0.3) is 11.1 Å². The van der Waals surface area contributed by atoms with Gasteiger partial charge >= 0.3 is 12.5 Å². The molecule has 47 heavy (non-hydrogen) atoms. The molecule has 3 aromatic carbocycles. The van der Waals surface area contributed by atoms with Crippen LogP contribution in [0.3, 0.4) is 0 Å². The molecular formula is C35H35F3N3O5S+. The lowest BCUT2D eigenvalue weighted by Gasteiger charge is -2.34. The number of hydrogen-bond donors (Lipinski definition) is 1. The van der Waals surface area contributed by atoms with Crippen LogP contribution in [0.1, 0.15) is 63.9 Å².